The Hall–Kier alpha value is -1.69. The van der Waals surface area contributed by atoms with Crippen LogP contribution < -0.4 is 11.1 Å². The third-order valence-corrected chi connectivity index (χ3v) is 3.36. The summed E-state index contributed by atoms with van der Waals surface area (Å²) in [6.07, 6.45) is 8.69. The fraction of sp³-hybridized carbons (Fsp3) is 0.545. The predicted octanol–water partition coefficient (Wildman–Crippen LogP) is 0.664. The lowest BCUT2D eigenvalue weighted by molar-refractivity contribution is 0.565. The van der Waals surface area contributed by atoms with Crippen molar-refractivity contribution in [3.63, 3.8) is 0 Å². The fourth-order valence-corrected chi connectivity index (χ4v) is 2.42. The highest BCUT2D eigenvalue weighted by Gasteiger charge is 2.21. The molecule has 2 unspecified atom stereocenters. The van der Waals surface area contributed by atoms with Crippen LogP contribution in [-0.2, 0) is 0 Å². The van der Waals surface area contributed by atoms with Gasteiger partial charge in [0.2, 0.25) is 5.65 Å². The maximum absolute atomic E-state index is 5.90. The highest BCUT2D eigenvalue weighted by atomic mass is 15.2. The Morgan fingerprint density at radius 2 is 2.41 bits per heavy atom. The number of nitrogens with one attached hydrogen (secondary N) is 1. The number of aromatic nitrogens is 4. The molecule has 0 bridgehead atoms. The van der Waals surface area contributed by atoms with Gasteiger partial charge in [0.05, 0.1) is 0 Å². The zero-order chi connectivity index (χ0) is 11.7. The maximum Gasteiger partial charge on any atom is 0.203 e. The number of fused-ring (bicyclic) bond motifs is 1. The summed E-state index contributed by atoms with van der Waals surface area (Å²) < 4.78 is 1.86. The first-order chi connectivity index (χ1) is 8.33. The summed E-state index contributed by atoms with van der Waals surface area (Å²) in [4.78, 5) is 4.29. The molecule has 2 aromatic heterocycles. The minimum Gasteiger partial charge on any atom is -0.367 e. The smallest absolute Gasteiger partial charge is 0.203 e. The van der Waals surface area contributed by atoms with Crippen molar-refractivity contribution in [1.29, 1.82) is 0 Å². The van der Waals surface area contributed by atoms with Crippen LogP contribution in [0.1, 0.15) is 19.3 Å². The molecule has 1 aliphatic rings. The van der Waals surface area contributed by atoms with E-state index in [-0.39, 0.29) is 0 Å². The molecule has 90 valence electrons. The van der Waals surface area contributed by atoms with E-state index in [1.54, 1.807) is 12.5 Å². The van der Waals surface area contributed by atoms with Gasteiger partial charge in [-0.3, -0.25) is 4.40 Å². The van der Waals surface area contributed by atoms with E-state index in [1.807, 2.05) is 10.6 Å². The number of hydrogen-bond donors (Lipinski definition) is 2. The van der Waals surface area contributed by atoms with Gasteiger partial charge >= 0.3 is 0 Å². The van der Waals surface area contributed by atoms with Gasteiger partial charge in [0.25, 0.3) is 0 Å². The van der Waals surface area contributed by atoms with E-state index >= 15 is 0 Å². The van der Waals surface area contributed by atoms with Crippen molar-refractivity contribution >= 4 is 11.5 Å². The number of anilines is 1. The number of nitrogens with two attached hydrogens (primary N) is 1. The molecule has 2 atom stereocenters. The molecule has 1 aliphatic carbocycles. The Morgan fingerprint density at radius 1 is 1.47 bits per heavy atom. The Labute approximate surface area is 99.3 Å². The van der Waals surface area contributed by atoms with Gasteiger partial charge in [-0.15, -0.1) is 10.2 Å². The van der Waals surface area contributed by atoms with Crippen molar-refractivity contribution < 1.29 is 0 Å². The van der Waals surface area contributed by atoms with Crippen LogP contribution in [0.2, 0.25) is 0 Å². The molecule has 1 saturated carbocycles. The summed E-state index contributed by atoms with van der Waals surface area (Å²) in [5.74, 6) is 1.44. The van der Waals surface area contributed by atoms with Crippen molar-refractivity contribution in [1.82, 2.24) is 19.6 Å². The third kappa shape index (κ3) is 2.08. The first kappa shape index (κ1) is 10.5. The standard InChI is InChI=1S/C11H16N6/c12-9-2-1-8(5-9)6-14-10-11-16-15-7-17(11)4-3-13-10/h3-4,7-9H,1-2,5-6,12H2,(H,13,14). The molecule has 0 radical (unpaired) electrons. The molecule has 6 heteroatoms. The molecule has 1 fully saturated rings. The third-order valence-electron chi connectivity index (χ3n) is 3.36. The lowest BCUT2D eigenvalue weighted by Crippen LogP contribution is -2.18. The Balaban J connectivity index is 1.70. The van der Waals surface area contributed by atoms with Crippen LogP contribution in [0.15, 0.2) is 18.7 Å². The van der Waals surface area contributed by atoms with Crippen LogP contribution in [0.5, 0.6) is 0 Å². The SMILES string of the molecule is NC1CCC(CNc2nccn3cnnc23)C1. The van der Waals surface area contributed by atoms with E-state index in [2.05, 4.69) is 20.5 Å². The van der Waals surface area contributed by atoms with Gasteiger partial charge in [-0.05, 0) is 25.2 Å². The normalized spacial score (nSPS) is 24.3. The van der Waals surface area contributed by atoms with Gasteiger partial charge in [0.15, 0.2) is 5.82 Å². The van der Waals surface area contributed by atoms with Crippen LogP contribution in [0.25, 0.3) is 5.65 Å². The quantitative estimate of drug-likeness (QED) is 0.812. The summed E-state index contributed by atoms with van der Waals surface area (Å²) in [5, 5.41) is 11.3. The van der Waals surface area contributed by atoms with E-state index < -0.39 is 0 Å². The first-order valence-electron chi connectivity index (χ1n) is 5.97. The van der Waals surface area contributed by atoms with Crippen LogP contribution in [-0.4, -0.2) is 32.2 Å². The van der Waals surface area contributed by atoms with Crippen LogP contribution in [0.4, 0.5) is 5.82 Å². The van der Waals surface area contributed by atoms with Crippen molar-refractivity contribution in [2.24, 2.45) is 11.7 Å². The lowest BCUT2D eigenvalue weighted by atomic mass is 10.1. The molecular weight excluding hydrogens is 216 g/mol. The van der Waals surface area contributed by atoms with Crippen LogP contribution >= 0.6 is 0 Å². The summed E-state index contributed by atoms with van der Waals surface area (Å²) in [6.45, 7) is 0.910. The van der Waals surface area contributed by atoms with Gasteiger partial charge < -0.3 is 11.1 Å². The molecule has 6 nitrogen and oxygen atoms in total. The van der Waals surface area contributed by atoms with Gasteiger partial charge in [0, 0.05) is 25.0 Å². The summed E-state index contributed by atoms with van der Waals surface area (Å²) >= 11 is 0. The minimum atomic E-state index is 0.374. The Morgan fingerprint density at radius 3 is 3.24 bits per heavy atom. The highest BCUT2D eigenvalue weighted by Crippen LogP contribution is 2.24. The zero-order valence-electron chi connectivity index (χ0n) is 9.58. The monoisotopic (exact) mass is 232 g/mol. The highest BCUT2D eigenvalue weighted by molar-refractivity contribution is 5.61. The average Bonchev–Trinajstić information content (AvgIpc) is 2.94. The first-order valence-corrected chi connectivity index (χ1v) is 5.97. The van der Waals surface area contributed by atoms with Gasteiger partial charge in [-0.1, -0.05) is 0 Å². The van der Waals surface area contributed by atoms with E-state index in [1.165, 1.54) is 6.42 Å². The maximum atomic E-state index is 5.90. The molecule has 0 amide bonds. The second-order valence-electron chi connectivity index (χ2n) is 4.66. The van der Waals surface area contributed by atoms with E-state index in [0.29, 0.717) is 12.0 Å². The molecule has 0 saturated heterocycles. The van der Waals surface area contributed by atoms with Crippen molar-refractivity contribution in [2.75, 3.05) is 11.9 Å². The zero-order valence-corrected chi connectivity index (χ0v) is 9.58. The van der Waals surface area contributed by atoms with E-state index in [0.717, 1.165) is 30.9 Å². The predicted molar refractivity (Wildman–Crippen MR) is 64.6 cm³/mol. The lowest BCUT2D eigenvalue weighted by Gasteiger charge is -2.11. The van der Waals surface area contributed by atoms with Crippen molar-refractivity contribution in [3.8, 4) is 0 Å². The molecule has 0 aliphatic heterocycles. The molecule has 0 spiro atoms. The molecule has 0 aromatic carbocycles. The Kier molecular flexibility index (Phi) is 2.64. The molecule has 2 aromatic rings. The fourth-order valence-electron chi connectivity index (χ4n) is 2.42. The van der Waals surface area contributed by atoms with Crippen molar-refractivity contribution in [3.05, 3.63) is 18.7 Å². The molecule has 17 heavy (non-hydrogen) atoms. The molecule has 3 N–H and O–H groups in total. The van der Waals surface area contributed by atoms with Gasteiger partial charge in [-0.2, -0.15) is 0 Å². The van der Waals surface area contributed by atoms with E-state index in [4.69, 9.17) is 5.73 Å². The number of hydrogen-bond acceptors (Lipinski definition) is 5. The summed E-state index contributed by atoms with van der Waals surface area (Å²) in [6, 6.07) is 0.374. The largest absolute Gasteiger partial charge is 0.367 e. The summed E-state index contributed by atoms with van der Waals surface area (Å²) in [7, 11) is 0. The molecule has 3 rings (SSSR count). The van der Waals surface area contributed by atoms with Gasteiger partial charge in [0.1, 0.15) is 6.33 Å². The van der Waals surface area contributed by atoms with Crippen LogP contribution in [0, 0.1) is 5.92 Å². The Bertz CT molecular complexity index is 507. The van der Waals surface area contributed by atoms with Gasteiger partial charge in [-0.25, -0.2) is 4.98 Å². The topological polar surface area (TPSA) is 81.1 Å². The van der Waals surface area contributed by atoms with Crippen LogP contribution in [0.3, 0.4) is 0 Å². The summed E-state index contributed by atoms with van der Waals surface area (Å²) in [5.41, 5.74) is 6.67. The van der Waals surface area contributed by atoms with E-state index in [9.17, 15) is 0 Å². The number of rotatable bonds is 3. The number of nitrogens with zero attached hydrogens (tertiary/aromatic N) is 4. The molecule has 2 heterocycles. The second-order valence-corrected chi connectivity index (χ2v) is 4.66. The van der Waals surface area contributed by atoms with Crippen molar-refractivity contribution in [2.45, 2.75) is 25.3 Å². The second kappa shape index (κ2) is 4.29. The average molecular weight is 232 g/mol. The minimum absolute atomic E-state index is 0.374. The molecular formula is C11H16N6.